The van der Waals surface area contributed by atoms with Crippen LogP contribution in [0.4, 0.5) is 0 Å². The predicted molar refractivity (Wildman–Crippen MR) is 121 cm³/mol. The number of ether oxygens (including phenoxy) is 3. The number of benzene rings is 2. The van der Waals surface area contributed by atoms with Gasteiger partial charge in [-0.1, -0.05) is 48.2 Å². The van der Waals surface area contributed by atoms with Gasteiger partial charge in [-0.25, -0.2) is 4.79 Å². The Kier molecular flexibility index (Phi) is 9.26. The molecular formula is C24H29BrO4. The molecule has 0 aromatic heterocycles. The smallest absolute Gasteiger partial charge is 0.336 e. The van der Waals surface area contributed by atoms with Crippen LogP contribution in [-0.2, 0) is 4.79 Å². The van der Waals surface area contributed by atoms with Crippen LogP contribution in [0.2, 0.25) is 0 Å². The molecule has 156 valence electrons. The van der Waals surface area contributed by atoms with Crippen LogP contribution in [0.1, 0.15) is 49.3 Å². The second kappa shape index (κ2) is 11.7. The van der Waals surface area contributed by atoms with Gasteiger partial charge in [0.25, 0.3) is 0 Å². The van der Waals surface area contributed by atoms with E-state index in [1.807, 2.05) is 44.2 Å². The van der Waals surface area contributed by atoms with Crippen LogP contribution < -0.4 is 14.2 Å². The molecule has 0 bridgehead atoms. The SMILES string of the molecule is CCCCCCOc1ccc(/C=C/C(=O)Oc2c(C)cc(Br)cc2C)cc1OC. The van der Waals surface area contributed by atoms with E-state index in [1.54, 1.807) is 13.2 Å². The first-order valence-corrected chi connectivity index (χ1v) is 10.7. The predicted octanol–water partition coefficient (Wildman–Crippen LogP) is 6.65. The summed E-state index contributed by atoms with van der Waals surface area (Å²) in [5, 5.41) is 0. The van der Waals surface area contributed by atoms with Crippen molar-refractivity contribution in [3.8, 4) is 17.2 Å². The van der Waals surface area contributed by atoms with Crippen LogP contribution in [0.5, 0.6) is 17.2 Å². The van der Waals surface area contributed by atoms with Gasteiger partial charge in [-0.05, 0) is 67.3 Å². The number of carbonyl (C=O) groups is 1. The van der Waals surface area contributed by atoms with Crippen LogP contribution in [0.25, 0.3) is 6.08 Å². The fraction of sp³-hybridized carbons (Fsp3) is 0.375. The lowest BCUT2D eigenvalue weighted by atomic mass is 10.1. The van der Waals surface area contributed by atoms with Gasteiger partial charge >= 0.3 is 5.97 Å². The fourth-order valence-electron chi connectivity index (χ4n) is 2.98. The third kappa shape index (κ3) is 7.24. The minimum atomic E-state index is -0.422. The highest BCUT2D eigenvalue weighted by atomic mass is 79.9. The van der Waals surface area contributed by atoms with Crippen molar-refractivity contribution in [2.75, 3.05) is 13.7 Å². The molecule has 0 heterocycles. The summed E-state index contributed by atoms with van der Waals surface area (Å²) in [6.45, 7) is 6.68. The summed E-state index contributed by atoms with van der Waals surface area (Å²) >= 11 is 3.44. The van der Waals surface area contributed by atoms with E-state index in [2.05, 4.69) is 22.9 Å². The van der Waals surface area contributed by atoms with E-state index in [1.165, 1.54) is 25.3 Å². The van der Waals surface area contributed by atoms with E-state index in [-0.39, 0.29) is 0 Å². The molecule has 0 unspecified atom stereocenters. The third-order valence-electron chi connectivity index (χ3n) is 4.48. The number of rotatable bonds is 10. The van der Waals surface area contributed by atoms with Crippen molar-refractivity contribution in [1.82, 2.24) is 0 Å². The lowest BCUT2D eigenvalue weighted by molar-refractivity contribution is -0.129. The molecule has 2 rings (SSSR count). The highest BCUT2D eigenvalue weighted by Gasteiger charge is 2.10. The lowest BCUT2D eigenvalue weighted by Gasteiger charge is -2.11. The molecule has 5 heteroatoms. The second-order valence-corrected chi connectivity index (χ2v) is 7.86. The largest absolute Gasteiger partial charge is 0.493 e. The Morgan fingerprint density at radius 2 is 1.76 bits per heavy atom. The average molecular weight is 461 g/mol. The summed E-state index contributed by atoms with van der Waals surface area (Å²) in [7, 11) is 1.61. The van der Waals surface area contributed by atoms with Crippen molar-refractivity contribution in [3.05, 3.63) is 57.6 Å². The number of aryl methyl sites for hydroxylation is 2. The maximum Gasteiger partial charge on any atom is 0.336 e. The van der Waals surface area contributed by atoms with Crippen molar-refractivity contribution >= 4 is 28.0 Å². The first kappa shape index (κ1) is 23.0. The van der Waals surface area contributed by atoms with Gasteiger partial charge in [-0.3, -0.25) is 0 Å². The minimum Gasteiger partial charge on any atom is -0.493 e. The zero-order chi connectivity index (χ0) is 21.2. The van der Waals surface area contributed by atoms with E-state index >= 15 is 0 Å². The maximum absolute atomic E-state index is 12.2. The van der Waals surface area contributed by atoms with Crippen LogP contribution in [0.15, 0.2) is 40.9 Å². The van der Waals surface area contributed by atoms with Gasteiger partial charge in [0.15, 0.2) is 11.5 Å². The summed E-state index contributed by atoms with van der Waals surface area (Å²) in [6.07, 6.45) is 7.74. The maximum atomic E-state index is 12.2. The lowest BCUT2D eigenvalue weighted by Crippen LogP contribution is -2.06. The number of methoxy groups -OCH3 is 1. The first-order chi connectivity index (χ1) is 13.9. The van der Waals surface area contributed by atoms with Crippen LogP contribution in [0.3, 0.4) is 0 Å². The number of hydrogen-bond acceptors (Lipinski definition) is 4. The fourth-order valence-corrected chi connectivity index (χ4v) is 3.66. The molecule has 29 heavy (non-hydrogen) atoms. The Morgan fingerprint density at radius 3 is 2.41 bits per heavy atom. The van der Waals surface area contributed by atoms with Gasteiger partial charge in [-0.2, -0.15) is 0 Å². The Bertz CT molecular complexity index is 835. The molecular weight excluding hydrogens is 432 g/mol. The molecule has 2 aromatic rings. The Balaban J connectivity index is 2.00. The number of hydrogen-bond donors (Lipinski definition) is 0. The van der Waals surface area contributed by atoms with E-state index in [0.29, 0.717) is 23.9 Å². The molecule has 0 spiro atoms. The van der Waals surface area contributed by atoms with Crippen molar-refractivity contribution in [3.63, 3.8) is 0 Å². The quantitative estimate of drug-likeness (QED) is 0.172. The zero-order valence-corrected chi connectivity index (χ0v) is 19.2. The first-order valence-electron chi connectivity index (χ1n) is 9.92. The third-order valence-corrected chi connectivity index (χ3v) is 4.94. The van der Waals surface area contributed by atoms with Gasteiger partial charge in [0.05, 0.1) is 13.7 Å². The monoisotopic (exact) mass is 460 g/mol. The van der Waals surface area contributed by atoms with Crippen molar-refractivity contribution < 1.29 is 19.0 Å². The summed E-state index contributed by atoms with van der Waals surface area (Å²) in [6, 6.07) is 9.45. The van der Waals surface area contributed by atoms with E-state index in [4.69, 9.17) is 14.2 Å². The highest BCUT2D eigenvalue weighted by molar-refractivity contribution is 9.10. The second-order valence-electron chi connectivity index (χ2n) is 6.94. The van der Waals surface area contributed by atoms with E-state index in [9.17, 15) is 4.79 Å². The summed E-state index contributed by atoms with van der Waals surface area (Å²) in [5.74, 6) is 1.53. The molecule has 0 radical (unpaired) electrons. The minimum absolute atomic E-state index is 0.422. The van der Waals surface area contributed by atoms with Gasteiger partial charge in [0, 0.05) is 10.5 Å². The molecule has 0 fully saturated rings. The van der Waals surface area contributed by atoms with Crippen molar-refractivity contribution in [2.45, 2.75) is 46.5 Å². The molecule has 0 aliphatic carbocycles. The normalized spacial score (nSPS) is 10.9. The molecule has 0 saturated carbocycles. The molecule has 0 aliphatic rings. The number of halogens is 1. The number of carbonyl (C=O) groups excluding carboxylic acids is 1. The Hall–Kier alpha value is -2.27. The Morgan fingerprint density at radius 1 is 1.03 bits per heavy atom. The van der Waals surface area contributed by atoms with Gasteiger partial charge in [0.2, 0.25) is 0 Å². The molecule has 0 aliphatic heterocycles. The number of unbranched alkanes of at least 4 members (excludes halogenated alkanes) is 3. The van der Waals surface area contributed by atoms with E-state index in [0.717, 1.165) is 27.6 Å². The van der Waals surface area contributed by atoms with Crippen molar-refractivity contribution in [1.29, 1.82) is 0 Å². The molecule has 2 aromatic carbocycles. The zero-order valence-electron chi connectivity index (χ0n) is 17.6. The summed E-state index contributed by atoms with van der Waals surface area (Å²) < 4.78 is 17.7. The van der Waals surface area contributed by atoms with Crippen LogP contribution >= 0.6 is 15.9 Å². The average Bonchev–Trinajstić information content (AvgIpc) is 2.69. The van der Waals surface area contributed by atoms with Crippen LogP contribution in [-0.4, -0.2) is 19.7 Å². The Labute approximate surface area is 182 Å². The van der Waals surface area contributed by atoms with Crippen LogP contribution in [0, 0.1) is 13.8 Å². The standard InChI is InChI=1S/C24H29BrO4/c1-5-6-7-8-13-28-21-11-9-19(16-22(21)27-4)10-12-23(26)29-24-17(2)14-20(25)15-18(24)3/h9-12,14-16H,5-8,13H2,1-4H3/b12-10+. The van der Waals surface area contributed by atoms with E-state index < -0.39 is 5.97 Å². The topological polar surface area (TPSA) is 44.8 Å². The molecule has 0 N–H and O–H groups in total. The summed E-state index contributed by atoms with van der Waals surface area (Å²) in [5.41, 5.74) is 2.64. The van der Waals surface area contributed by atoms with Gasteiger partial charge in [0.1, 0.15) is 5.75 Å². The molecule has 4 nitrogen and oxygen atoms in total. The summed E-state index contributed by atoms with van der Waals surface area (Å²) in [4.78, 5) is 12.2. The molecule has 0 atom stereocenters. The van der Waals surface area contributed by atoms with Gasteiger partial charge in [-0.15, -0.1) is 0 Å². The highest BCUT2D eigenvalue weighted by Crippen LogP contribution is 2.29. The van der Waals surface area contributed by atoms with Gasteiger partial charge < -0.3 is 14.2 Å². The molecule has 0 saturated heterocycles. The van der Waals surface area contributed by atoms with Crippen molar-refractivity contribution in [2.24, 2.45) is 0 Å². The molecule has 0 amide bonds. The number of esters is 1.